The zero-order chi connectivity index (χ0) is 13.8. The van der Waals surface area contributed by atoms with Gasteiger partial charge in [0, 0.05) is 4.70 Å². The van der Waals surface area contributed by atoms with E-state index in [0.29, 0.717) is 0 Å². The summed E-state index contributed by atoms with van der Waals surface area (Å²) < 4.78 is 1.35. The second-order valence-electron chi connectivity index (χ2n) is 6.09. The summed E-state index contributed by atoms with van der Waals surface area (Å²) in [4.78, 5) is 0. The number of hydrogen-bond acceptors (Lipinski definition) is 2. The van der Waals surface area contributed by atoms with E-state index in [9.17, 15) is 5.26 Å². The molecule has 1 aromatic heterocycles. The molecule has 0 atom stereocenters. The van der Waals surface area contributed by atoms with Gasteiger partial charge in [-0.2, -0.15) is 5.26 Å². The molecule has 104 valence electrons. The van der Waals surface area contributed by atoms with Crippen LogP contribution >= 0.6 is 11.3 Å². The average molecular weight is 283 g/mol. The van der Waals surface area contributed by atoms with Gasteiger partial charge < -0.3 is 0 Å². The first-order chi connectivity index (χ1) is 9.83. The van der Waals surface area contributed by atoms with Crippen molar-refractivity contribution >= 4 is 21.4 Å². The molecular weight excluding hydrogens is 262 g/mol. The summed E-state index contributed by atoms with van der Waals surface area (Å²) in [7, 11) is 0. The minimum Gasteiger partial charge on any atom is -0.198 e. The van der Waals surface area contributed by atoms with Crippen molar-refractivity contribution in [1.82, 2.24) is 0 Å². The Bertz CT molecular complexity index is 612. The van der Waals surface area contributed by atoms with Crippen LogP contribution in [0.25, 0.3) is 10.1 Å². The molecule has 0 unspecified atom stereocenters. The molecule has 1 aliphatic rings. The Balaban J connectivity index is 1.88. The highest BCUT2D eigenvalue weighted by Gasteiger charge is 2.31. The molecule has 1 fully saturated rings. The lowest BCUT2D eigenvalue weighted by Crippen LogP contribution is -2.23. The van der Waals surface area contributed by atoms with Gasteiger partial charge in [0.05, 0.1) is 11.5 Å². The molecule has 1 aliphatic carbocycles. The second-order valence-corrected chi connectivity index (χ2v) is 7.01. The van der Waals surface area contributed by atoms with E-state index in [2.05, 4.69) is 35.7 Å². The molecule has 0 aliphatic heterocycles. The van der Waals surface area contributed by atoms with E-state index in [1.807, 2.05) is 11.3 Å². The second kappa shape index (κ2) is 5.97. The topological polar surface area (TPSA) is 23.8 Å². The molecule has 0 spiro atoms. The third-order valence-corrected chi connectivity index (χ3v) is 5.65. The van der Waals surface area contributed by atoms with E-state index < -0.39 is 0 Å². The van der Waals surface area contributed by atoms with Crippen molar-refractivity contribution in [2.24, 2.45) is 5.41 Å². The molecule has 3 rings (SSSR count). The standard InChI is InChI=1S/C18H21NS/c19-14-18(10-6-2-1-3-7-11-18)12-15-13-20-17-9-5-4-8-16(15)17/h4-5,8-9,13H,1-3,6-7,10-12H2. The molecule has 20 heavy (non-hydrogen) atoms. The van der Waals surface area contributed by atoms with Gasteiger partial charge in [-0.3, -0.25) is 0 Å². The van der Waals surface area contributed by atoms with Gasteiger partial charge in [-0.1, -0.05) is 50.3 Å². The monoisotopic (exact) mass is 283 g/mol. The molecule has 1 aromatic carbocycles. The normalized spacial score (nSPS) is 19.1. The van der Waals surface area contributed by atoms with Crippen molar-refractivity contribution in [3.8, 4) is 6.07 Å². The fraction of sp³-hybridized carbons (Fsp3) is 0.500. The summed E-state index contributed by atoms with van der Waals surface area (Å²) in [5.41, 5.74) is 1.26. The van der Waals surface area contributed by atoms with E-state index >= 15 is 0 Å². The van der Waals surface area contributed by atoms with Crippen LogP contribution in [0, 0.1) is 16.7 Å². The largest absolute Gasteiger partial charge is 0.198 e. The first-order valence-corrected chi connectivity index (χ1v) is 8.57. The Morgan fingerprint density at radius 3 is 2.50 bits per heavy atom. The lowest BCUT2D eigenvalue weighted by atomic mass is 9.73. The first-order valence-electron chi connectivity index (χ1n) is 7.69. The van der Waals surface area contributed by atoms with Crippen LogP contribution in [0.3, 0.4) is 0 Å². The molecule has 1 nitrogen and oxygen atoms in total. The van der Waals surface area contributed by atoms with Gasteiger partial charge in [-0.15, -0.1) is 11.3 Å². The Morgan fingerprint density at radius 1 is 1.05 bits per heavy atom. The van der Waals surface area contributed by atoms with Crippen LogP contribution < -0.4 is 0 Å². The smallest absolute Gasteiger partial charge is 0.0693 e. The Morgan fingerprint density at radius 2 is 1.75 bits per heavy atom. The van der Waals surface area contributed by atoms with Crippen molar-refractivity contribution in [1.29, 1.82) is 5.26 Å². The predicted octanol–water partition coefficient (Wildman–Crippen LogP) is 5.70. The number of thiophene rings is 1. The van der Waals surface area contributed by atoms with Gasteiger partial charge in [-0.25, -0.2) is 0 Å². The average Bonchev–Trinajstić information content (AvgIpc) is 2.85. The fourth-order valence-electron chi connectivity index (χ4n) is 3.44. The van der Waals surface area contributed by atoms with Gasteiger partial charge in [0.1, 0.15) is 0 Å². The number of fused-ring (bicyclic) bond motifs is 1. The van der Waals surface area contributed by atoms with E-state index in [1.54, 1.807) is 0 Å². The molecule has 0 bridgehead atoms. The number of nitrogens with zero attached hydrogens (tertiary/aromatic N) is 1. The van der Waals surface area contributed by atoms with Crippen LogP contribution in [-0.4, -0.2) is 0 Å². The SMILES string of the molecule is N#CC1(Cc2csc3ccccc23)CCCCCCC1. The lowest BCUT2D eigenvalue weighted by Gasteiger charge is -2.28. The quantitative estimate of drug-likeness (QED) is 0.693. The molecule has 0 amide bonds. The van der Waals surface area contributed by atoms with Gasteiger partial charge in [-0.05, 0) is 41.7 Å². The van der Waals surface area contributed by atoms with Crippen molar-refractivity contribution in [2.45, 2.75) is 51.4 Å². The van der Waals surface area contributed by atoms with Crippen molar-refractivity contribution in [2.75, 3.05) is 0 Å². The van der Waals surface area contributed by atoms with E-state index in [4.69, 9.17) is 0 Å². The molecule has 2 heteroatoms. The highest BCUT2D eigenvalue weighted by Crippen LogP contribution is 2.39. The van der Waals surface area contributed by atoms with Crippen LogP contribution in [0.4, 0.5) is 0 Å². The van der Waals surface area contributed by atoms with Gasteiger partial charge >= 0.3 is 0 Å². The maximum Gasteiger partial charge on any atom is 0.0693 e. The van der Waals surface area contributed by atoms with Crippen LogP contribution in [0.2, 0.25) is 0 Å². The molecule has 0 N–H and O–H groups in total. The Kier molecular flexibility index (Phi) is 4.08. The number of hydrogen-bond donors (Lipinski definition) is 0. The zero-order valence-electron chi connectivity index (χ0n) is 11.9. The van der Waals surface area contributed by atoms with Crippen LogP contribution in [0.15, 0.2) is 29.6 Å². The van der Waals surface area contributed by atoms with E-state index in [-0.39, 0.29) is 5.41 Å². The zero-order valence-corrected chi connectivity index (χ0v) is 12.7. The number of nitriles is 1. The summed E-state index contributed by atoms with van der Waals surface area (Å²) in [5.74, 6) is 0. The van der Waals surface area contributed by atoms with E-state index in [0.717, 1.165) is 19.3 Å². The minimum absolute atomic E-state index is 0.121. The molecule has 1 heterocycles. The lowest BCUT2D eigenvalue weighted by molar-refractivity contribution is 0.288. The molecule has 2 aromatic rings. The maximum absolute atomic E-state index is 9.78. The summed E-state index contributed by atoms with van der Waals surface area (Å²) >= 11 is 1.81. The Labute approximate surface area is 125 Å². The fourth-order valence-corrected chi connectivity index (χ4v) is 4.41. The Hall–Kier alpha value is -1.33. The molecule has 1 saturated carbocycles. The first kappa shape index (κ1) is 13.6. The summed E-state index contributed by atoms with van der Waals surface area (Å²) in [6, 6.07) is 11.3. The van der Waals surface area contributed by atoms with Crippen LogP contribution in [0.1, 0.15) is 50.5 Å². The van der Waals surface area contributed by atoms with Crippen LogP contribution in [0.5, 0.6) is 0 Å². The molecule has 0 radical (unpaired) electrons. The summed E-state index contributed by atoms with van der Waals surface area (Å²) in [5, 5.41) is 13.4. The third kappa shape index (κ3) is 2.74. The van der Waals surface area contributed by atoms with Crippen molar-refractivity contribution in [3.05, 3.63) is 35.2 Å². The summed E-state index contributed by atoms with van der Waals surface area (Å²) in [6.45, 7) is 0. The van der Waals surface area contributed by atoms with Crippen LogP contribution in [-0.2, 0) is 6.42 Å². The third-order valence-electron chi connectivity index (χ3n) is 4.64. The van der Waals surface area contributed by atoms with Crippen molar-refractivity contribution < 1.29 is 0 Å². The van der Waals surface area contributed by atoms with Gasteiger partial charge in [0.15, 0.2) is 0 Å². The molecule has 0 saturated heterocycles. The van der Waals surface area contributed by atoms with Gasteiger partial charge in [0.25, 0.3) is 0 Å². The van der Waals surface area contributed by atoms with Crippen molar-refractivity contribution in [3.63, 3.8) is 0 Å². The molecular formula is C18H21NS. The number of rotatable bonds is 2. The summed E-state index contributed by atoms with van der Waals surface area (Å²) in [6.07, 6.45) is 9.48. The van der Waals surface area contributed by atoms with Gasteiger partial charge in [0.2, 0.25) is 0 Å². The van der Waals surface area contributed by atoms with E-state index in [1.165, 1.54) is 47.8 Å². The maximum atomic E-state index is 9.78. The highest BCUT2D eigenvalue weighted by molar-refractivity contribution is 7.17. The predicted molar refractivity (Wildman–Crippen MR) is 85.9 cm³/mol. The number of benzene rings is 1. The highest BCUT2D eigenvalue weighted by atomic mass is 32.1. The minimum atomic E-state index is -0.121.